The third-order valence-corrected chi connectivity index (χ3v) is 5.38. The quantitative estimate of drug-likeness (QED) is 0.594. The van der Waals surface area contributed by atoms with Crippen LogP contribution in [-0.2, 0) is 0 Å². The van der Waals surface area contributed by atoms with E-state index in [-0.39, 0.29) is 0 Å². The summed E-state index contributed by atoms with van der Waals surface area (Å²) in [5, 5.41) is 0. The second kappa shape index (κ2) is 4.70. The van der Waals surface area contributed by atoms with Crippen molar-refractivity contribution < 1.29 is 0 Å². The highest BCUT2D eigenvalue weighted by molar-refractivity contribution is 4.97. The fourth-order valence-corrected chi connectivity index (χ4v) is 4.23. The summed E-state index contributed by atoms with van der Waals surface area (Å²) in [6.07, 6.45) is 5.99. The van der Waals surface area contributed by atoms with Gasteiger partial charge in [0.1, 0.15) is 0 Å². The molecule has 16 heavy (non-hydrogen) atoms. The first-order chi connectivity index (χ1) is 7.54. The summed E-state index contributed by atoms with van der Waals surface area (Å²) in [5.74, 6) is 7.22. The van der Waals surface area contributed by atoms with E-state index >= 15 is 0 Å². The summed E-state index contributed by atoms with van der Waals surface area (Å²) in [6, 6.07) is 0. The molecule has 6 atom stereocenters. The van der Waals surface area contributed by atoms with Gasteiger partial charge in [0.25, 0.3) is 0 Å². The molecule has 2 rings (SSSR count). The van der Waals surface area contributed by atoms with Gasteiger partial charge in [0.2, 0.25) is 0 Å². The molecule has 0 radical (unpaired) electrons. The maximum absolute atomic E-state index is 2.49. The van der Waals surface area contributed by atoms with Crippen LogP contribution in [0.3, 0.4) is 0 Å². The van der Waals surface area contributed by atoms with Gasteiger partial charge in [-0.2, -0.15) is 0 Å². The van der Waals surface area contributed by atoms with Crippen molar-refractivity contribution in [3.63, 3.8) is 0 Å². The Labute approximate surface area is 102 Å². The molecule has 0 amide bonds. The zero-order chi connectivity index (χ0) is 11.9. The molecule has 0 heterocycles. The molecule has 0 nitrogen and oxygen atoms in total. The van der Waals surface area contributed by atoms with Crippen LogP contribution in [0.15, 0.2) is 0 Å². The van der Waals surface area contributed by atoms with Crippen molar-refractivity contribution in [1.29, 1.82) is 0 Å². The molecule has 0 heteroatoms. The van der Waals surface area contributed by atoms with E-state index in [9.17, 15) is 0 Å². The largest absolute Gasteiger partial charge is 0.0651 e. The van der Waals surface area contributed by atoms with E-state index in [1.54, 1.807) is 0 Å². The number of hydrogen-bond acceptors (Lipinski definition) is 0. The first-order valence-corrected chi connectivity index (χ1v) is 7.54. The third-order valence-electron chi connectivity index (χ3n) is 5.38. The zero-order valence-electron chi connectivity index (χ0n) is 11.9. The lowest BCUT2D eigenvalue weighted by Gasteiger charge is -2.11. The SMILES string of the molecule is CCC1CC1CC(C)CC1C(C)C1C(C)C. The molecule has 2 fully saturated rings. The van der Waals surface area contributed by atoms with Crippen LogP contribution >= 0.6 is 0 Å². The molecule has 0 spiro atoms. The van der Waals surface area contributed by atoms with Gasteiger partial charge in [0.05, 0.1) is 0 Å². The Morgan fingerprint density at radius 1 is 1.06 bits per heavy atom. The summed E-state index contributed by atoms with van der Waals surface area (Å²) in [7, 11) is 0. The van der Waals surface area contributed by atoms with Gasteiger partial charge in [-0.05, 0) is 60.7 Å². The lowest BCUT2D eigenvalue weighted by Crippen LogP contribution is -2.01. The normalized spacial score (nSPS) is 43.5. The molecule has 0 N–H and O–H groups in total. The van der Waals surface area contributed by atoms with Crippen molar-refractivity contribution >= 4 is 0 Å². The van der Waals surface area contributed by atoms with Crippen LogP contribution in [0.5, 0.6) is 0 Å². The molecule has 2 aliphatic carbocycles. The topological polar surface area (TPSA) is 0 Å². The molecule has 2 aliphatic rings. The van der Waals surface area contributed by atoms with Gasteiger partial charge < -0.3 is 0 Å². The zero-order valence-corrected chi connectivity index (χ0v) is 11.9. The predicted octanol–water partition coefficient (Wildman–Crippen LogP) is 4.99. The van der Waals surface area contributed by atoms with E-state index in [2.05, 4.69) is 34.6 Å². The maximum Gasteiger partial charge on any atom is -0.0331 e. The predicted molar refractivity (Wildman–Crippen MR) is 71.3 cm³/mol. The average molecular weight is 222 g/mol. The van der Waals surface area contributed by atoms with E-state index in [4.69, 9.17) is 0 Å². The van der Waals surface area contributed by atoms with Crippen LogP contribution in [0.1, 0.15) is 60.3 Å². The molecule has 2 saturated carbocycles. The molecular weight excluding hydrogens is 192 g/mol. The van der Waals surface area contributed by atoms with Crippen molar-refractivity contribution in [2.45, 2.75) is 60.3 Å². The van der Waals surface area contributed by atoms with E-state index in [1.165, 1.54) is 25.7 Å². The maximum atomic E-state index is 2.49. The first kappa shape index (κ1) is 12.5. The Morgan fingerprint density at radius 3 is 2.19 bits per heavy atom. The average Bonchev–Trinajstić information content (AvgIpc) is 3.06. The van der Waals surface area contributed by atoms with Crippen molar-refractivity contribution in [2.75, 3.05) is 0 Å². The Balaban J connectivity index is 1.67. The Kier molecular flexibility index (Phi) is 3.66. The van der Waals surface area contributed by atoms with E-state index in [0.717, 1.165) is 41.4 Å². The Hall–Kier alpha value is 0. The van der Waals surface area contributed by atoms with Crippen molar-refractivity contribution in [3.05, 3.63) is 0 Å². The highest BCUT2D eigenvalue weighted by Crippen LogP contribution is 2.55. The number of rotatable bonds is 6. The number of hydrogen-bond donors (Lipinski definition) is 0. The van der Waals surface area contributed by atoms with Crippen molar-refractivity contribution in [1.82, 2.24) is 0 Å². The van der Waals surface area contributed by atoms with E-state index in [0.29, 0.717) is 0 Å². The summed E-state index contributed by atoms with van der Waals surface area (Å²) >= 11 is 0. The smallest absolute Gasteiger partial charge is 0.0331 e. The van der Waals surface area contributed by atoms with Gasteiger partial charge in [-0.25, -0.2) is 0 Å². The van der Waals surface area contributed by atoms with Crippen LogP contribution in [0.2, 0.25) is 0 Å². The molecule has 0 aromatic heterocycles. The fraction of sp³-hybridized carbons (Fsp3) is 1.00. The fourth-order valence-electron chi connectivity index (χ4n) is 4.23. The monoisotopic (exact) mass is 222 g/mol. The first-order valence-electron chi connectivity index (χ1n) is 7.54. The molecule has 0 bridgehead atoms. The second-order valence-corrected chi connectivity index (χ2v) is 7.09. The van der Waals surface area contributed by atoms with Crippen molar-refractivity contribution in [3.8, 4) is 0 Å². The van der Waals surface area contributed by atoms with Gasteiger partial charge >= 0.3 is 0 Å². The van der Waals surface area contributed by atoms with Crippen LogP contribution in [0.25, 0.3) is 0 Å². The van der Waals surface area contributed by atoms with Gasteiger partial charge in [-0.1, -0.05) is 41.0 Å². The Bertz CT molecular complexity index is 230. The van der Waals surface area contributed by atoms with Crippen LogP contribution in [0.4, 0.5) is 0 Å². The minimum Gasteiger partial charge on any atom is -0.0651 e. The van der Waals surface area contributed by atoms with Crippen molar-refractivity contribution in [2.24, 2.45) is 41.4 Å². The van der Waals surface area contributed by atoms with Gasteiger partial charge in [-0.3, -0.25) is 0 Å². The summed E-state index contributed by atoms with van der Waals surface area (Å²) in [4.78, 5) is 0. The molecule has 6 unspecified atom stereocenters. The lowest BCUT2D eigenvalue weighted by atomic mass is 9.94. The Morgan fingerprint density at radius 2 is 1.75 bits per heavy atom. The lowest BCUT2D eigenvalue weighted by molar-refractivity contribution is 0.393. The van der Waals surface area contributed by atoms with Gasteiger partial charge in [-0.15, -0.1) is 0 Å². The summed E-state index contributed by atoms with van der Waals surface area (Å²) < 4.78 is 0. The molecule has 0 aromatic rings. The summed E-state index contributed by atoms with van der Waals surface area (Å²) in [5.41, 5.74) is 0. The van der Waals surface area contributed by atoms with Crippen LogP contribution in [-0.4, -0.2) is 0 Å². The molecular formula is C16H30. The molecule has 0 aromatic carbocycles. The molecule has 0 saturated heterocycles. The van der Waals surface area contributed by atoms with Crippen LogP contribution in [0, 0.1) is 41.4 Å². The molecule has 0 aliphatic heterocycles. The highest BCUT2D eigenvalue weighted by atomic mass is 14.5. The minimum atomic E-state index is 0.913. The highest BCUT2D eigenvalue weighted by Gasteiger charge is 2.48. The molecule has 94 valence electrons. The van der Waals surface area contributed by atoms with E-state index in [1.807, 2.05) is 0 Å². The third kappa shape index (κ3) is 2.63. The summed E-state index contributed by atoms with van der Waals surface area (Å²) in [6.45, 7) is 12.1. The van der Waals surface area contributed by atoms with Gasteiger partial charge in [0.15, 0.2) is 0 Å². The second-order valence-electron chi connectivity index (χ2n) is 7.09. The minimum absolute atomic E-state index is 0.913. The van der Waals surface area contributed by atoms with E-state index < -0.39 is 0 Å². The standard InChI is InChI=1S/C16H30/c1-6-13-9-14(13)7-11(4)8-15-12(5)16(15)10(2)3/h10-16H,6-9H2,1-5H3. The van der Waals surface area contributed by atoms with Crippen LogP contribution < -0.4 is 0 Å². The van der Waals surface area contributed by atoms with Gasteiger partial charge in [0, 0.05) is 0 Å².